The number of rotatable bonds is 2. The normalized spacial score (nSPS) is 11.0. The van der Waals surface area contributed by atoms with Crippen molar-refractivity contribution >= 4 is 11.4 Å². The zero-order valence-electron chi connectivity index (χ0n) is 10.9. The number of nitrogens with zero attached hydrogens (tertiary/aromatic N) is 1. The molecule has 0 radical (unpaired) electrons. The van der Waals surface area contributed by atoms with Crippen LogP contribution >= 0.6 is 0 Å². The Labute approximate surface area is 118 Å². The van der Waals surface area contributed by atoms with Gasteiger partial charge in [-0.1, -0.05) is 6.07 Å². The first-order valence-electron chi connectivity index (χ1n) is 5.96. The average molecular weight is 294 g/mol. The Morgan fingerprint density at radius 1 is 1.05 bits per heavy atom. The number of anilines is 2. The lowest BCUT2D eigenvalue weighted by Gasteiger charge is -2.12. The largest absolute Gasteiger partial charge is 0.417 e. The van der Waals surface area contributed by atoms with E-state index in [1.807, 2.05) is 0 Å². The van der Waals surface area contributed by atoms with Crippen LogP contribution in [0.25, 0.3) is 0 Å². The fourth-order valence-electron chi connectivity index (χ4n) is 1.79. The van der Waals surface area contributed by atoms with Crippen LogP contribution in [0.15, 0.2) is 36.4 Å². The number of aryl methyl sites for hydroxylation is 1. The Kier molecular flexibility index (Phi) is 3.85. The molecular weight excluding hydrogens is 284 g/mol. The van der Waals surface area contributed by atoms with Crippen molar-refractivity contribution in [1.29, 1.82) is 5.26 Å². The summed E-state index contributed by atoms with van der Waals surface area (Å²) in [6.07, 6.45) is -4.62. The molecule has 0 aliphatic carbocycles. The summed E-state index contributed by atoms with van der Waals surface area (Å²) in [5, 5.41) is 11.4. The van der Waals surface area contributed by atoms with Gasteiger partial charge in [-0.3, -0.25) is 0 Å². The van der Waals surface area contributed by atoms with Crippen molar-refractivity contribution in [3.8, 4) is 6.07 Å². The predicted molar refractivity (Wildman–Crippen MR) is 70.6 cm³/mol. The SMILES string of the molecule is Cc1ccc(Nc2ccc(C#N)c(C(F)(F)F)c2)cc1F. The number of benzene rings is 2. The monoisotopic (exact) mass is 294 g/mol. The lowest BCUT2D eigenvalue weighted by atomic mass is 10.1. The van der Waals surface area contributed by atoms with Crippen molar-refractivity contribution in [2.24, 2.45) is 0 Å². The quantitative estimate of drug-likeness (QED) is 0.810. The van der Waals surface area contributed by atoms with E-state index >= 15 is 0 Å². The van der Waals surface area contributed by atoms with Crippen LogP contribution in [-0.4, -0.2) is 0 Å². The van der Waals surface area contributed by atoms with E-state index < -0.39 is 23.1 Å². The lowest BCUT2D eigenvalue weighted by Crippen LogP contribution is -2.08. The van der Waals surface area contributed by atoms with Gasteiger partial charge in [0.05, 0.1) is 17.2 Å². The van der Waals surface area contributed by atoms with Gasteiger partial charge >= 0.3 is 6.18 Å². The van der Waals surface area contributed by atoms with Crippen molar-refractivity contribution < 1.29 is 17.6 Å². The molecule has 6 heteroatoms. The van der Waals surface area contributed by atoms with Crippen LogP contribution in [0.2, 0.25) is 0 Å². The molecule has 0 unspecified atom stereocenters. The predicted octanol–water partition coefficient (Wildman–Crippen LogP) is 4.77. The highest BCUT2D eigenvalue weighted by atomic mass is 19.4. The smallest absolute Gasteiger partial charge is 0.355 e. The number of nitrogens with one attached hydrogen (secondary N) is 1. The van der Waals surface area contributed by atoms with Crippen molar-refractivity contribution in [2.75, 3.05) is 5.32 Å². The molecule has 2 rings (SSSR count). The van der Waals surface area contributed by atoms with E-state index in [0.29, 0.717) is 11.3 Å². The van der Waals surface area contributed by atoms with E-state index in [1.54, 1.807) is 13.0 Å². The van der Waals surface area contributed by atoms with Crippen LogP contribution in [0.1, 0.15) is 16.7 Å². The molecule has 0 aromatic heterocycles. The minimum Gasteiger partial charge on any atom is -0.355 e. The van der Waals surface area contributed by atoms with E-state index in [9.17, 15) is 17.6 Å². The third kappa shape index (κ3) is 3.31. The Hall–Kier alpha value is -2.55. The minimum absolute atomic E-state index is 0.129. The van der Waals surface area contributed by atoms with Gasteiger partial charge in [0.15, 0.2) is 0 Å². The highest BCUT2D eigenvalue weighted by Crippen LogP contribution is 2.34. The first-order valence-corrected chi connectivity index (χ1v) is 5.96. The van der Waals surface area contributed by atoms with Gasteiger partial charge in [-0.05, 0) is 42.8 Å². The summed E-state index contributed by atoms with van der Waals surface area (Å²) in [7, 11) is 0. The van der Waals surface area contributed by atoms with Crippen LogP contribution in [0, 0.1) is 24.1 Å². The van der Waals surface area contributed by atoms with Gasteiger partial charge in [-0.15, -0.1) is 0 Å². The van der Waals surface area contributed by atoms with Crippen LogP contribution in [0.4, 0.5) is 28.9 Å². The van der Waals surface area contributed by atoms with Gasteiger partial charge in [0.25, 0.3) is 0 Å². The van der Waals surface area contributed by atoms with Gasteiger partial charge in [-0.2, -0.15) is 18.4 Å². The van der Waals surface area contributed by atoms with E-state index in [0.717, 1.165) is 12.1 Å². The first-order chi connectivity index (χ1) is 9.81. The fraction of sp³-hybridized carbons (Fsp3) is 0.133. The summed E-state index contributed by atoms with van der Waals surface area (Å²) in [5.41, 5.74) is -0.581. The number of alkyl halides is 3. The third-order valence-electron chi connectivity index (χ3n) is 2.91. The van der Waals surface area contributed by atoms with Gasteiger partial charge in [0, 0.05) is 11.4 Å². The van der Waals surface area contributed by atoms with Crippen LogP contribution in [0.3, 0.4) is 0 Å². The molecule has 0 aliphatic heterocycles. The molecule has 2 aromatic carbocycles. The molecule has 0 amide bonds. The molecule has 0 saturated carbocycles. The second kappa shape index (κ2) is 5.44. The Morgan fingerprint density at radius 2 is 1.67 bits per heavy atom. The second-order valence-corrected chi connectivity index (χ2v) is 4.46. The molecule has 0 bridgehead atoms. The number of hydrogen-bond acceptors (Lipinski definition) is 2. The standard InChI is InChI=1S/C15H10F4N2/c1-9-2-4-12(7-14(9)16)21-11-5-3-10(8-20)13(6-11)15(17,18)19/h2-7,21H,1H3. The van der Waals surface area contributed by atoms with Gasteiger partial charge in [0.2, 0.25) is 0 Å². The minimum atomic E-state index is -4.62. The summed E-state index contributed by atoms with van der Waals surface area (Å²) in [5.74, 6) is -0.454. The molecule has 1 N–H and O–H groups in total. The molecule has 0 atom stereocenters. The van der Waals surface area contributed by atoms with E-state index in [2.05, 4.69) is 5.32 Å². The highest BCUT2D eigenvalue weighted by Gasteiger charge is 2.33. The third-order valence-corrected chi connectivity index (χ3v) is 2.91. The summed E-state index contributed by atoms with van der Waals surface area (Å²) in [6.45, 7) is 1.59. The van der Waals surface area contributed by atoms with Gasteiger partial charge < -0.3 is 5.32 Å². The molecule has 0 fully saturated rings. The van der Waals surface area contributed by atoms with E-state index in [4.69, 9.17) is 5.26 Å². The number of hydrogen-bond donors (Lipinski definition) is 1. The van der Waals surface area contributed by atoms with Crippen molar-refractivity contribution in [3.63, 3.8) is 0 Å². The van der Waals surface area contributed by atoms with Gasteiger partial charge in [0.1, 0.15) is 5.82 Å². The van der Waals surface area contributed by atoms with Crippen molar-refractivity contribution in [3.05, 3.63) is 58.9 Å². The average Bonchev–Trinajstić information content (AvgIpc) is 2.42. The molecule has 2 nitrogen and oxygen atoms in total. The summed E-state index contributed by atoms with van der Waals surface area (Å²) >= 11 is 0. The van der Waals surface area contributed by atoms with E-state index in [-0.39, 0.29) is 5.69 Å². The van der Waals surface area contributed by atoms with Crippen LogP contribution < -0.4 is 5.32 Å². The molecular formula is C15H10F4N2. The van der Waals surface area contributed by atoms with Crippen molar-refractivity contribution in [2.45, 2.75) is 13.1 Å². The molecule has 2 aromatic rings. The molecule has 21 heavy (non-hydrogen) atoms. The molecule has 0 spiro atoms. The Balaban J connectivity index is 2.37. The molecule has 108 valence electrons. The maximum absolute atomic E-state index is 13.4. The topological polar surface area (TPSA) is 35.8 Å². The first kappa shape index (κ1) is 14.9. The maximum Gasteiger partial charge on any atom is 0.417 e. The zero-order chi connectivity index (χ0) is 15.6. The van der Waals surface area contributed by atoms with E-state index in [1.165, 1.54) is 24.3 Å². The summed E-state index contributed by atoms with van der Waals surface area (Å²) in [6, 6.07) is 9.02. The molecule has 0 saturated heterocycles. The zero-order valence-corrected chi connectivity index (χ0v) is 10.9. The van der Waals surface area contributed by atoms with Crippen molar-refractivity contribution in [1.82, 2.24) is 0 Å². The summed E-state index contributed by atoms with van der Waals surface area (Å²) in [4.78, 5) is 0. The Bertz CT molecular complexity index is 715. The van der Waals surface area contributed by atoms with Gasteiger partial charge in [-0.25, -0.2) is 4.39 Å². The molecule has 0 heterocycles. The van der Waals surface area contributed by atoms with Crippen LogP contribution in [-0.2, 0) is 6.18 Å². The fourth-order valence-corrected chi connectivity index (χ4v) is 1.79. The summed E-state index contributed by atoms with van der Waals surface area (Å²) < 4.78 is 51.9. The second-order valence-electron chi connectivity index (χ2n) is 4.46. The highest BCUT2D eigenvalue weighted by molar-refractivity contribution is 5.62. The van der Waals surface area contributed by atoms with Crippen LogP contribution in [0.5, 0.6) is 0 Å². The Morgan fingerprint density at radius 3 is 2.24 bits per heavy atom. The number of halogens is 4. The maximum atomic E-state index is 13.4. The lowest BCUT2D eigenvalue weighted by molar-refractivity contribution is -0.137. The number of nitriles is 1. The molecule has 0 aliphatic rings.